The lowest BCUT2D eigenvalue weighted by Gasteiger charge is -2.37. The largest absolute Gasteiger partial charge is 0.299 e. The lowest BCUT2D eigenvalue weighted by atomic mass is 9.65. The van der Waals surface area contributed by atoms with Crippen LogP contribution in [0, 0.1) is 22.2 Å². The van der Waals surface area contributed by atoms with Crippen molar-refractivity contribution in [3.8, 4) is 0 Å². The van der Waals surface area contributed by atoms with Gasteiger partial charge in [-0.3, -0.25) is 9.59 Å². The van der Waals surface area contributed by atoms with Crippen LogP contribution in [0.1, 0.15) is 88.0 Å². The molecule has 0 amide bonds. The van der Waals surface area contributed by atoms with E-state index in [0.717, 1.165) is 6.42 Å². The zero-order valence-corrected chi connectivity index (χ0v) is 15.7. The molecule has 2 heteroatoms. The Morgan fingerprint density at radius 2 is 1.38 bits per heavy atom. The Kier molecular flexibility index (Phi) is 6.84. The van der Waals surface area contributed by atoms with Crippen LogP contribution in [0.15, 0.2) is 0 Å². The van der Waals surface area contributed by atoms with E-state index >= 15 is 0 Å². The Hall–Kier alpha value is -0.660. The molecule has 0 fully saturated rings. The maximum Gasteiger partial charge on any atom is 0.139 e. The van der Waals surface area contributed by atoms with Crippen LogP contribution in [-0.2, 0) is 9.59 Å². The smallest absolute Gasteiger partial charge is 0.139 e. The topological polar surface area (TPSA) is 34.1 Å². The van der Waals surface area contributed by atoms with Crippen molar-refractivity contribution in [1.82, 2.24) is 0 Å². The molecule has 0 heterocycles. The highest BCUT2D eigenvalue weighted by Crippen LogP contribution is 2.41. The molecule has 0 bridgehead atoms. The van der Waals surface area contributed by atoms with Crippen molar-refractivity contribution in [1.29, 1.82) is 0 Å². The zero-order chi connectivity index (χ0) is 17.1. The van der Waals surface area contributed by atoms with E-state index in [2.05, 4.69) is 41.5 Å². The highest BCUT2D eigenvalue weighted by atomic mass is 16.1. The molecule has 124 valence electrons. The first-order valence-electron chi connectivity index (χ1n) is 8.30. The van der Waals surface area contributed by atoms with Crippen LogP contribution in [0.5, 0.6) is 0 Å². The van der Waals surface area contributed by atoms with Gasteiger partial charge in [0.1, 0.15) is 11.6 Å². The summed E-state index contributed by atoms with van der Waals surface area (Å²) in [4.78, 5) is 25.2. The predicted octanol–water partition coefficient (Wildman–Crippen LogP) is 5.44. The number of carbonyl (C=O) groups is 2. The molecule has 1 unspecified atom stereocenters. The van der Waals surface area contributed by atoms with E-state index < -0.39 is 10.8 Å². The third kappa shape index (κ3) is 6.76. The molecule has 0 aromatic heterocycles. The molecule has 0 spiro atoms. The van der Waals surface area contributed by atoms with Crippen LogP contribution in [0.25, 0.3) is 0 Å². The molecule has 0 saturated carbocycles. The number of ketones is 2. The highest BCUT2D eigenvalue weighted by molar-refractivity contribution is 5.88. The number of hydrogen-bond donors (Lipinski definition) is 0. The van der Waals surface area contributed by atoms with Gasteiger partial charge >= 0.3 is 0 Å². The van der Waals surface area contributed by atoms with Crippen LogP contribution in [0.2, 0.25) is 0 Å². The third-order valence-corrected chi connectivity index (χ3v) is 4.32. The van der Waals surface area contributed by atoms with E-state index in [1.54, 1.807) is 0 Å². The van der Waals surface area contributed by atoms with E-state index in [9.17, 15) is 9.59 Å². The fourth-order valence-electron chi connectivity index (χ4n) is 2.84. The summed E-state index contributed by atoms with van der Waals surface area (Å²) in [6.45, 7) is 18.5. The molecule has 0 saturated heterocycles. The third-order valence-electron chi connectivity index (χ3n) is 4.32. The van der Waals surface area contributed by atoms with Gasteiger partial charge in [0.05, 0.1) is 0 Å². The number of carbonyl (C=O) groups excluding carboxylic acids is 2. The minimum absolute atomic E-state index is 0.000399. The van der Waals surface area contributed by atoms with Crippen LogP contribution in [0.3, 0.4) is 0 Å². The Balaban J connectivity index is 5.11. The lowest BCUT2D eigenvalue weighted by Crippen LogP contribution is -2.38. The second kappa shape index (κ2) is 7.07. The van der Waals surface area contributed by atoms with Gasteiger partial charge in [0.25, 0.3) is 0 Å². The monoisotopic (exact) mass is 296 g/mol. The average molecular weight is 296 g/mol. The molecule has 0 aliphatic carbocycles. The molecule has 0 aromatic rings. The van der Waals surface area contributed by atoms with E-state index in [4.69, 9.17) is 0 Å². The summed E-state index contributed by atoms with van der Waals surface area (Å²) in [6.07, 6.45) is 2.61. The first kappa shape index (κ1) is 20.3. The number of rotatable bonds is 8. The summed E-state index contributed by atoms with van der Waals surface area (Å²) < 4.78 is 0. The summed E-state index contributed by atoms with van der Waals surface area (Å²) in [5, 5.41) is 0. The quantitative estimate of drug-likeness (QED) is 0.597. The Morgan fingerprint density at radius 3 is 1.71 bits per heavy atom. The van der Waals surface area contributed by atoms with E-state index in [-0.39, 0.29) is 11.2 Å². The zero-order valence-electron chi connectivity index (χ0n) is 15.7. The summed E-state index contributed by atoms with van der Waals surface area (Å²) in [6, 6.07) is 0. The van der Waals surface area contributed by atoms with Gasteiger partial charge in [-0.2, -0.15) is 0 Å². The molecule has 0 N–H and O–H groups in total. The lowest BCUT2D eigenvalue weighted by molar-refractivity contribution is -0.135. The van der Waals surface area contributed by atoms with Gasteiger partial charge in [0.15, 0.2) is 0 Å². The highest BCUT2D eigenvalue weighted by Gasteiger charge is 2.41. The molecular weight excluding hydrogens is 260 g/mol. The number of Topliss-reactive ketones (excluding diaryl/α,β-unsaturated/α-hetero) is 2. The van der Waals surface area contributed by atoms with Crippen molar-refractivity contribution >= 4 is 11.6 Å². The second-order valence-corrected chi connectivity index (χ2v) is 9.16. The van der Waals surface area contributed by atoms with Crippen LogP contribution in [-0.4, -0.2) is 11.6 Å². The first-order valence-corrected chi connectivity index (χ1v) is 8.30. The Bertz CT molecular complexity index is 372. The molecule has 2 nitrogen and oxygen atoms in total. The van der Waals surface area contributed by atoms with Gasteiger partial charge in [-0.15, -0.1) is 0 Å². The maximum atomic E-state index is 12.7. The fraction of sp³-hybridized carbons (Fsp3) is 0.895. The second-order valence-electron chi connectivity index (χ2n) is 9.16. The van der Waals surface area contributed by atoms with Crippen molar-refractivity contribution in [2.45, 2.75) is 88.0 Å². The summed E-state index contributed by atoms with van der Waals surface area (Å²) >= 11 is 0. The molecule has 0 aliphatic heterocycles. The normalized spacial score (nSPS) is 15.9. The molecule has 0 radical (unpaired) electrons. The maximum absolute atomic E-state index is 12.7. The van der Waals surface area contributed by atoms with Gasteiger partial charge in [-0.1, -0.05) is 62.3 Å². The average Bonchev–Trinajstić information content (AvgIpc) is 2.24. The summed E-state index contributed by atoms with van der Waals surface area (Å²) in [5.74, 6) is 0.943. The van der Waals surface area contributed by atoms with E-state index in [0.29, 0.717) is 31.0 Å². The van der Waals surface area contributed by atoms with E-state index in [1.807, 2.05) is 20.8 Å². The van der Waals surface area contributed by atoms with Gasteiger partial charge in [0.2, 0.25) is 0 Å². The van der Waals surface area contributed by atoms with Gasteiger partial charge in [-0.25, -0.2) is 0 Å². The molecule has 0 rings (SSSR count). The van der Waals surface area contributed by atoms with Crippen LogP contribution >= 0.6 is 0 Å². The molecule has 0 aliphatic rings. The summed E-state index contributed by atoms with van der Waals surface area (Å²) in [7, 11) is 0. The van der Waals surface area contributed by atoms with Crippen LogP contribution in [0.4, 0.5) is 0 Å². The molecule has 0 aromatic carbocycles. The Labute approximate surface area is 132 Å². The van der Waals surface area contributed by atoms with Gasteiger partial charge in [-0.05, 0) is 24.2 Å². The molecular formula is C19H36O2. The Morgan fingerprint density at radius 1 is 0.905 bits per heavy atom. The first-order chi connectivity index (χ1) is 9.23. The standard InChI is InChI=1S/C19H36O2/c1-10-19(9,16(21)12-17(4,5)6)13-18(7,8)15(20)11-14(2)3/h14H,10-13H2,1-9H3. The van der Waals surface area contributed by atoms with E-state index in [1.165, 1.54) is 0 Å². The molecule has 1 atom stereocenters. The SMILES string of the molecule is CCC(C)(CC(C)(C)C(=O)CC(C)C)C(=O)CC(C)(C)C. The van der Waals surface area contributed by atoms with Crippen molar-refractivity contribution < 1.29 is 9.59 Å². The molecule has 21 heavy (non-hydrogen) atoms. The summed E-state index contributed by atoms with van der Waals surface area (Å²) in [5.41, 5.74) is -0.828. The minimum Gasteiger partial charge on any atom is -0.299 e. The predicted molar refractivity (Wildman–Crippen MR) is 90.3 cm³/mol. The van der Waals surface area contributed by atoms with Crippen molar-refractivity contribution in [3.63, 3.8) is 0 Å². The van der Waals surface area contributed by atoms with Crippen molar-refractivity contribution in [2.75, 3.05) is 0 Å². The van der Waals surface area contributed by atoms with Crippen molar-refractivity contribution in [2.24, 2.45) is 22.2 Å². The number of hydrogen-bond acceptors (Lipinski definition) is 2. The fourth-order valence-corrected chi connectivity index (χ4v) is 2.84. The minimum atomic E-state index is -0.428. The van der Waals surface area contributed by atoms with Gasteiger partial charge in [0, 0.05) is 23.7 Å². The van der Waals surface area contributed by atoms with Crippen LogP contribution < -0.4 is 0 Å². The van der Waals surface area contributed by atoms with Crippen molar-refractivity contribution in [3.05, 3.63) is 0 Å². The van der Waals surface area contributed by atoms with Gasteiger partial charge < -0.3 is 0 Å².